The van der Waals surface area contributed by atoms with Crippen molar-refractivity contribution in [3.8, 4) is 5.75 Å². The summed E-state index contributed by atoms with van der Waals surface area (Å²) in [6.07, 6.45) is 0. The van der Waals surface area contributed by atoms with Crippen LogP contribution in [-0.2, 0) is 9.47 Å². The monoisotopic (exact) mass is 267 g/mol. The molecule has 0 saturated carbocycles. The zero-order valence-electron chi connectivity index (χ0n) is 11.6. The normalized spacial score (nSPS) is 10.5. The number of ether oxygens (including phenoxy) is 3. The van der Waals surface area contributed by atoms with E-state index >= 15 is 0 Å². The topological polar surface area (TPSA) is 70.8 Å². The molecule has 0 aliphatic heterocycles. The molecule has 0 aromatic heterocycles. The number of carbonyl (C=O) groups is 1. The number of rotatable bonds is 7. The Labute approximate surface area is 113 Å². The van der Waals surface area contributed by atoms with Crippen molar-refractivity contribution in [3.63, 3.8) is 0 Å². The molecule has 2 N–H and O–H groups in total. The van der Waals surface area contributed by atoms with Crippen molar-refractivity contribution in [2.24, 2.45) is 5.92 Å². The van der Waals surface area contributed by atoms with Gasteiger partial charge < -0.3 is 19.9 Å². The average molecular weight is 267 g/mol. The second-order valence-corrected chi connectivity index (χ2v) is 4.53. The molecule has 0 saturated heterocycles. The minimum Gasteiger partial charge on any atom is -0.488 e. The lowest BCUT2D eigenvalue weighted by Gasteiger charge is -2.13. The van der Waals surface area contributed by atoms with Gasteiger partial charge in [0.05, 0.1) is 19.4 Å². The average Bonchev–Trinajstić information content (AvgIpc) is 2.38. The third-order valence-corrected chi connectivity index (χ3v) is 2.38. The van der Waals surface area contributed by atoms with Gasteiger partial charge in [0.2, 0.25) is 0 Å². The van der Waals surface area contributed by atoms with E-state index in [0.717, 1.165) is 0 Å². The molecule has 0 amide bonds. The van der Waals surface area contributed by atoms with Gasteiger partial charge in [-0.2, -0.15) is 0 Å². The van der Waals surface area contributed by atoms with Crippen LogP contribution in [0.25, 0.3) is 0 Å². The Kier molecular flexibility index (Phi) is 6.15. The Morgan fingerprint density at radius 3 is 2.68 bits per heavy atom. The summed E-state index contributed by atoms with van der Waals surface area (Å²) < 4.78 is 15.6. The van der Waals surface area contributed by atoms with Gasteiger partial charge in [0, 0.05) is 6.61 Å². The fraction of sp³-hybridized carbons (Fsp3) is 0.500. The van der Waals surface area contributed by atoms with Crippen LogP contribution in [0.4, 0.5) is 5.69 Å². The van der Waals surface area contributed by atoms with Crippen molar-refractivity contribution in [1.82, 2.24) is 0 Å². The molecule has 19 heavy (non-hydrogen) atoms. The van der Waals surface area contributed by atoms with E-state index in [1.165, 1.54) is 7.11 Å². The third kappa shape index (κ3) is 4.79. The van der Waals surface area contributed by atoms with Gasteiger partial charge in [-0.3, -0.25) is 0 Å². The first kappa shape index (κ1) is 15.3. The van der Waals surface area contributed by atoms with Gasteiger partial charge in [-0.25, -0.2) is 4.79 Å². The quantitative estimate of drug-likeness (QED) is 0.465. The molecule has 0 bridgehead atoms. The number of carbonyl (C=O) groups excluding carboxylic acids is 1. The molecule has 0 fully saturated rings. The zero-order valence-corrected chi connectivity index (χ0v) is 11.6. The molecule has 1 aromatic rings. The number of hydrogen-bond acceptors (Lipinski definition) is 5. The van der Waals surface area contributed by atoms with Gasteiger partial charge in [0.1, 0.15) is 12.2 Å². The lowest BCUT2D eigenvalue weighted by Crippen LogP contribution is -2.13. The first-order valence-corrected chi connectivity index (χ1v) is 6.23. The van der Waals surface area contributed by atoms with Crippen molar-refractivity contribution >= 4 is 11.7 Å². The lowest BCUT2D eigenvalue weighted by atomic mass is 10.2. The van der Waals surface area contributed by atoms with E-state index in [-0.39, 0.29) is 0 Å². The molecule has 1 aromatic carbocycles. The largest absolute Gasteiger partial charge is 0.488 e. The van der Waals surface area contributed by atoms with E-state index in [9.17, 15) is 4.79 Å². The standard InChI is InChI=1S/C14H21NO4/c1-10(2)9-18-7-8-19-13-11(14(16)17-3)5-4-6-12(13)15/h4-6,10H,7-9,15H2,1-3H3. The predicted molar refractivity (Wildman–Crippen MR) is 73.3 cm³/mol. The van der Waals surface area contributed by atoms with Crippen LogP contribution in [0.15, 0.2) is 18.2 Å². The van der Waals surface area contributed by atoms with Crippen LogP contribution in [0.2, 0.25) is 0 Å². The summed E-state index contributed by atoms with van der Waals surface area (Å²) in [7, 11) is 1.32. The predicted octanol–water partition coefficient (Wildman–Crippen LogP) is 2.11. The molecule has 0 atom stereocenters. The van der Waals surface area contributed by atoms with E-state index in [1.54, 1.807) is 18.2 Å². The molecule has 5 heteroatoms. The summed E-state index contributed by atoms with van der Waals surface area (Å²) in [5.41, 5.74) is 6.54. The molecule has 0 aliphatic carbocycles. The smallest absolute Gasteiger partial charge is 0.341 e. The van der Waals surface area contributed by atoms with Gasteiger partial charge in [-0.05, 0) is 18.1 Å². The van der Waals surface area contributed by atoms with E-state index in [2.05, 4.69) is 18.6 Å². The Hall–Kier alpha value is -1.75. The molecule has 0 aliphatic rings. The summed E-state index contributed by atoms with van der Waals surface area (Å²) in [4.78, 5) is 11.6. The second-order valence-electron chi connectivity index (χ2n) is 4.53. The summed E-state index contributed by atoms with van der Waals surface area (Å²) in [6, 6.07) is 4.98. The first-order chi connectivity index (χ1) is 9.06. The minimum absolute atomic E-state index is 0.325. The molecule has 5 nitrogen and oxygen atoms in total. The van der Waals surface area contributed by atoms with Crippen molar-refractivity contribution in [2.75, 3.05) is 32.7 Å². The fourth-order valence-electron chi connectivity index (χ4n) is 1.51. The van der Waals surface area contributed by atoms with Crippen LogP contribution in [0, 0.1) is 5.92 Å². The van der Waals surface area contributed by atoms with Crippen LogP contribution >= 0.6 is 0 Å². The Morgan fingerprint density at radius 1 is 1.32 bits per heavy atom. The van der Waals surface area contributed by atoms with Gasteiger partial charge >= 0.3 is 5.97 Å². The summed E-state index contributed by atoms with van der Waals surface area (Å²) in [6.45, 7) is 5.62. The molecule has 0 heterocycles. The van der Waals surface area contributed by atoms with E-state index in [4.69, 9.17) is 15.2 Å². The van der Waals surface area contributed by atoms with Crippen molar-refractivity contribution in [3.05, 3.63) is 23.8 Å². The maximum Gasteiger partial charge on any atom is 0.341 e. The van der Waals surface area contributed by atoms with Crippen LogP contribution in [0.1, 0.15) is 24.2 Å². The zero-order chi connectivity index (χ0) is 14.3. The lowest BCUT2D eigenvalue weighted by molar-refractivity contribution is 0.0587. The van der Waals surface area contributed by atoms with Crippen molar-refractivity contribution in [2.45, 2.75) is 13.8 Å². The number of esters is 1. The molecule has 0 spiro atoms. The Bertz CT molecular complexity index is 418. The van der Waals surface area contributed by atoms with Gasteiger partial charge in [0.25, 0.3) is 0 Å². The number of hydrogen-bond donors (Lipinski definition) is 1. The highest BCUT2D eigenvalue weighted by atomic mass is 16.5. The van der Waals surface area contributed by atoms with Gasteiger partial charge in [-0.15, -0.1) is 0 Å². The Balaban J connectivity index is 2.59. The van der Waals surface area contributed by atoms with Gasteiger partial charge in [-0.1, -0.05) is 19.9 Å². The summed E-state index contributed by atoms with van der Waals surface area (Å²) >= 11 is 0. The SMILES string of the molecule is COC(=O)c1cccc(N)c1OCCOCC(C)C. The van der Waals surface area contributed by atoms with E-state index < -0.39 is 5.97 Å². The Morgan fingerprint density at radius 2 is 2.05 bits per heavy atom. The highest BCUT2D eigenvalue weighted by Crippen LogP contribution is 2.26. The van der Waals surface area contributed by atoms with Gasteiger partial charge in [0.15, 0.2) is 5.75 Å². The molecule has 1 rings (SSSR count). The summed E-state index contributed by atoms with van der Waals surface area (Å²) in [5.74, 6) is 0.361. The molecule has 0 radical (unpaired) electrons. The van der Waals surface area contributed by atoms with E-state index in [0.29, 0.717) is 42.7 Å². The van der Waals surface area contributed by atoms with Crippen LogP contribution in [0.5, 0.6) is 5.75 Å². The minimum atomic E-state index is -0.467. The van der Waals surface area contributed by atoms with Crippen molar-refractivity contribution < 1.29 is 19.0 Å². The maximum absolute atomic E-state index is 11.6. The maximum atomic E-state index is 11.6. The molecular formula is C14H21NO4. The molecular weight excluding hydrogens is 246 g/mol. The first-order valence-electron chi connectivity index (χ1n) is 6.23. The van der Waals surface area contributed by atoms with Crippen molar-refractivity contribution in [1.29, 1.82) is 0 Å². The highest BCUT2D eigenvalue weighted by molar-refractivity contribution is 5.94. The number of benzene rings is 1. The number of nitrogen functional groups attached to an aromatic ring is 1. The number of anilines is 1. The molecule has 0 unspecified atom stereocenters. The van der Waals surface area contributed by atoms with Crippen LogP contribution in [0.3, 0.4) is 0 Å². The third-order valence-electron chi connectivity index (χ3n) is 2.38. The van der Waals surface area contributed by atoms with Crippen LogP contribution < -0.4 is 10.5 Å². The molecule has 106 valence electrons. The van der Waals surface area contributed by atoms with Crippen LogP contribution in [-0.4, -0.2) is 32.9 Å². The fourth-order valence-corrected chi connectivity index (χ4v) is 1.51. The number of nitrogens with two attached hydrogens (primary N) is 1. The number of para-hydroxylation sites is 1. The highest BCUT2D eigenvalue weighted by Gasteiger charge is 2.15. The second kappa shape index (κ2) is 7.63. The number of methoxy groups -OCH3 is 1. The van der Waals surface area contributed by atoms with E-state index in [1.807, 2.05) is 0 Å². The summed E-state index contributed by atoms with van der Waals surface area (Å²) in [5, 5.41) is 0.